The number of carbonyl (C=O) groups is 2. The van der Waals surface area contributed by atoms with Gasteiger partial charge in [-0.3, -0.25) is 9.59 Å². The van der Waals surface area contributed by atoms with E-state index in [4.69, 9.17) is 9.47 Å². The van der Waals surface area contributed by atoms with Gasteiger partial charge in [0, 0.05) is 64.1 Å². The van der Waals surface area contributed by atoms with E-state index in [2.05, 4.69) is 4.98 Å². The number of carbonyl (C=O) groups excluding carboxylic acids is 2. The van der Waals surface area contributed by atoms with E-state index in [1.807, 2.05) is 65.7 Å². The fraction of sp³-hybridized carbons (Fsp3) is 0.522. The summed E-state index contributed by atoms with van der Waals surface area (Å²) in [4.78, 5) is 32.9. The molecule has 0 atom stereocenters. The van der Waals surface area contributed by atoms with Crippen molar-refractivity contribution in [1.82, 2.24) is 19.4 Å². The molecule has 1 aliphatic heterocycles. The number of ether oxygens (including phenoxy) is 2. The molecule has 3 rings (SSSR count). The fourth-order valence-corrected chi connectivity index (χ4v) is 3.66. The van der Waals surface area contributed by atoms with Gasteiger partial charge in [-0.15, -0.1) is 0 Å². The van der Waals surface area contributed by atoms with E-state index in [1.54, 1.807) is 6.20 Å². The van der Waals surface area contributed by atoms with Gasteiger partial charge in [0.1, 0.15) is 24.3 Å². The summed E-state index contributed by atoms with van der Waals surface area (Å²) >= 11 is 0. The molecule has 1 saturated heterocycles. The molecule has 0 bridgehead atoms. The molecular weight excluding hydrogens is 396 g/mol. The summed E-state index contributed by atoms with van der Waals surface area (Å²) in [5.74, 6) is 1.56. The highest BCUT2D eigenvalue weighted by Gasteiger charge is 2.24. The number of hydrogen-bond acceptors (Lipinski definition) is 5. The van der Waals surface area contributed by atoms with Crippen molar-refractivity contribution in [2.45, 2.75) is 45.4 Å². The number of imidazole rings is 1. The highest BCUT2D eigenvalue weighted by atomic mass is 16.5. The van der Waals surface area contributed by atoms with E-state index >= 15 is 0 Å². The first kappa shape index (κ1) is 22.8. The summed E-state index contributed by atoms with van der Waals surface area (Å²) in [6, 6.07) is 7.35. The average Bonchev–Trinajstić information content (AvgIpc) is 3.17. The quantitative estimate of drug-likeness (QED) is 0.646. The Bertz CT molecular complexity index is 870. The Morgan fingerprint density at radius 3 is 2.42 bits per heavy atom. The van der Waals surface area contributed by atoms with Gasteiger partial charge in [0.15, 0.2) is 0 Å². The van der Waals surface area contributed by atoms with Gasteiger partial charge >= 0.3 is 0 Å². The largest absolute Gasteiger partial charge is 0.490 e. The van der Waals surface area contributed by atoms with E-state index in [0.717, 1.165) is 24.4 Å². The van der Waals surface area contributed by atoms with Crippen molar-refractivity contribution in [1.29, 1.82) is 0 Å². The van der Waals surface area contributed by atoms with Crippen LogP contribution in [-0.2, 0) is 23.1 Å². The van der Waals surface area contributed by atoms with E-state index in [1.165, 1.54) is 7.11 Å². The van der Waals surface area contributed by atoms with E-state index in [0.29, 0.717) is 25.2 Å². The molecule has 1 aromatic heterocycles. The molecule has 8 heteroatoms. The number of aryl methyl sites for hydroxylation is 1. The number of likely N-dealkylation sites (tertiary alicyclic amines) is 1. The van der Waals surface area contributed by atoms with Gasteiger partial charge in [0.05, 0.1) is 6.54 Å². The maximum atomic E-state index is 13.1. The molecule has 1 fully saturated rings. The van der Waals surface area contributed by atoms with Crippen LogP contribution in [0.15, 0.2) is 36.7 Å². The molecule has 31 heavy (non-hydrogen) atoms. The van der Waals surface area contributed by atoms with Gasteiger partial charge in [0.25, 0.3) is 5.91 Å². The van der Waals surface area contributed by atoms with Gasteiger partial charge < -0.3 is 23.8 Å². The van der Waals surface area contributed by atoms with Crippen LogP contribution in [0.25, 0.3) is 0 Å². The molecule has 0 unspecified atom stereocenters. The van der Waals surface area contributed by atoms with Crippen LogP contribution in [0.1, 0.15) is 42.9 Å². The number of benzene rings is 1. The molecule has 1 aliphatic rings. The topological polar surface area (TPSA) is 76.9 Å². The molecule has 0 radical (unpaired) electrons. The monoisotopic (exact) mass is 428 g/mol. The van der Waals surface area contributed by atoms with Crippen LogP contribution in [0, 0.1) is 0 Å². The molecule has 0 saturated carbocycles. The lowest BCUT2D eigenvalue weighted by Crippen LogP contribution is -2.43. The van der Waals surface area contributed by atoms with E-state index in [9.17, 15) is 9.59 Å². The van der Waals surface area contributed by atoms with Crippen molar-refractivity contribution in [3.05, 3.63) is 48.0 Å². The predicted octanol–water partition coefficient (Wildman–Crippen LogP) is 2.49. The van der Waals surface area contributed by atoms with Crippen molar-refractivity contribution >= 4 is 11.8 Å². The van der Waals surface area contributed by atoms with Crippen molar-refractivity contribution in [2.75, 3.05) is 26.8 Å². The molecular formula is C23H32N4O4. The van der Waals surface area contributed by atoms with Crippen molar-refractivity contribution in [3.63, 3.8) is 0 Å². The van der Waals surface area contributed by atoms with E-state index in [-0.39, 0.29) is 30.6 Å². The second-order valence-corrected chi connectivity index (χ2v) is 8.14. The Balaban J connectivity index is 1.57. The smallest absolute Gasteiger partial charge is 0.254 e. The van der Waals surface area contributed by atoms with Gasteiger partial charge in [-0.25, -0.2) is 4.98 Å². The summed E-state index contributed by atoms with van der Waals surface area (Å²) in [6.45, 7) is 5.91. The minimum Gasteiger partial charge on any atom is -0.490 e. The first-order chi connectivity index (χ1) is 14.9. The zero-order valence-electron chi connectivity index (χ0n) is 18.8. The zero-order chi connectivity index (χ0) is 22.4. The van der Waals surface area contributed by atoms with Crippen molar-refractivity contribution in [2.24, 2.45) is 7.05 Å². The normalized spacial score (nSPS) is 14.7. The Morgan fingerprint density at radius 2 is 1.87 bits per heavy atom. The predicted molar refractivity (Wildman–Crippen MR) is 117 cm³/mol. The summed E-state index contributed by atoms with van der Waals surface area (Å²) in [7, 11) is 3.45. The molecule has 2 heterocycles. The van der Waals surface area contributed by atoms with Crippen LogP contribution in [0.4, 0.5) is 0 Å². The number of amides is 2. The molecule has 1 aromatic carbocycles. The summed E-state index contributed by atoms with van der Waals surface area (Å²) in [6.07, 6.45) is 5.23. The minimum atomic E-state index is -0.0329. The molecule has 2 amide bonds. The van der Waals surface area contributed by atoms with Crippen LogP contribution in [0.2, 0.25) is 0 Å². The number of rotatable bonds is 8. The van der Waals surface area contributed by atoms with Gasteiger partial charge in [-0.05, 0) is 38.1 Å². The van der Waals surface area contributed by atoms with Gasteiger partial charge in [0.2, 0.25) is 5.91 Å². The van der Waals surface area contributed by atoms with Gasteiger partial charge in [-0.1, -0.05) is 0 Å². The lowest BCUT2D eigenvalue weighted by molar-refractivity contribution is -0.136. The highest BCUT2D eigenvalue weighted by Crippen LogP contribution is 2.21. The summed E-state index contributed by atoms with van der Waals surface area (Å²) < 4.78 is 12.9. The lowest BCUT2D eigenvalue weighted by Gasteiger charge is -2.32. The standard InChI is InChI=1S/C23H32N4O4/c1-17(2)27(15-21-24-11-14-25(21)3)23(29)18-5-7-19(8-6-18)31-20-9-12-26(13-10-20)22(28)16-30-4/h5-8,11,14,17,20H,9-10,12-13,15-16H2,1-4H3. The first-order valence-electron chi connectivity index (χ1n) is 10.7. The number of methoxy groups -OCH3 is 1. The Morgan fingerprint density at radius 1 is 1.19 bits per heavy atom. The Labute approximate surface area is 183 Å². The molecule has 8 nitrogen and oxygen atoms in total. The third-order valence-electron chi connectivity index (χ3n) is 5.58. The van der Waals surface area contributed by atoms with Crippen molar-refractivity contribution in [3.8, 4) is 5.75 Å². The maximum Gasteiger partial charge on any atom is 0.254 e. The van der Waals surface area contributed by atoms with Crippen molar-refractivity contribution < 1.29 is 19.1 Å². The number of aromatic nitrogens is 2. The van der Waals surface area contributed by atoms with E-state index < -0.39 is 0 Å². The molecule has 168 valence electrons. The first-order valence-corrected chi connectivity index (χ1v) is 10.7. The van der Waals surface area contributed by atoms with Crippen LogP contribution in [0.5, 0.6) is 5.75 Å². The van der Waals surface area contributed by atoms with Crippen LogP contribution in [-0.4, -0.2) is 70.1 Å². The fourth-order valence-electron chi connectivity index (χ4n) is 3.66. The lowest BCUT2D eigenvalue weighted by atomic mass is 10.1. The number of nitrogens with zero attached hydrogens (tertiary/aromatic N) is 4. The second-order valence-electron chi connectivity index (χ2n) is 8.14. The average molecular weight is 429 g/mol. The summed E-state index contributed by atoms with van der Waals surface area (Å²) in [5, 5.41) is 0. The maximum absolute atomic E-state index is 13.1. The number of hydrogen-bond donors (Lipinski definition) is 0. The number of piperidine rings is 1. The zero-order valence-corrected chi connectivity index (χ0v) is 18.8. The van der Waals surface area contributed by atoms with Crippen LogP contribution < -0.4 is 4.74 Å². The Kier molecular flexibility index (Phi) is 7.68. The third-order valence-corrected chi connectivity index (χ3v) is 5.58. The second kappa shape index (κ2) is 10.4. The third kappa shape index (κ3) is 5.85. The SMILES string of the molecule is COCC(=O)N1CCC(Oc2ccc(C(=O)N(Cc3nccn3C)C(C)C)cc2)CC1. The van der Waals surface area contributed by atoms with Crippen LogP contribution in [0.3, 0.4) is 0 Å². The van der Waals surface area contributed by atoms with Crippen LogP contribution >= 0.6 is 0 Å². The molecule has 2 aromatic rings. The minimum absolute atomic E-state index is 0.0177. The van der Waals surface area contributed by atoms with Gasteiger partial charge in [-0.2, -0.15) is 0 Å². The molecule has 0 aliphatic carbocycles. The molecule has 0 spiro atoms. The summed E-state index contributed by atoms with van der Waals surface area (Å²) in [5.41, 5.74) is 0.621. The highest BCUT2D eigenvalue weighted by molar-refractivity contribution is 5.94. The molecule has 0 N–H and O–H groups in total. The Hall–Kier alpha value is -2.87.